The first-order valence-corrected chi connectivity index (χ1v) is 20.6. The van der Waals surface area contributed by atoms with Crippen molar-refractivity contribution in [3.8, 4) is 22.9 Å². The summed E-state index contributed by atoms with van der Waals surface area (Å²) in [5, 5.41) is 16.0. The van der Waals surface area contributed by atoms with Gasteiger partial charge in [0.25, 0.3) is 5.91 Å². The normalized spacial score (nSPS) is 15.9. The van der Waals surface area contributed by atoms with Crippen LogP contribution >= 0.6 is 0 Å². The van der Waals surface area contributed by atoms with E-state index in [0.717, 1.165) is 47.6 Å². The number of H-pyrrole nitrogens is 1. The first-order chi connectivity index (χ1) is 29.0. The van der Waals surface area contributed by atoms with Gasteiger partial charge in [-0.15, -0.1) is 10.2 Å². The highest BCUT2D eigenvalue weighted by atomic mass is 16.6. The summed E-state index contributed by atoms with van der Waals surface area (Å²) in [5.41, 5.74) is 1.61. The van der Waals surface area contributed by atoms with Gasteiger partial charge in [-0.05, 0) is 108 Å². The molecule has 16 nitrogen and oxygen atoms in total. The zero-order chi connectivity index (χ0) is 42.4. The highest BCUT2D eigenvalue weighted by Crippen LogP contribution is 2.38. The maximum Gasteiger partial charge on any atom is 0.410 e. The molecule has 322 valence electrons. The van der Waals surface area contributed by atoms with Crippen molar-refractivity contribution in [1.82, 2.24) is 30.4 Å². The number of aromatic amines is 1. The van der Waals surface area contributed by atoms with Gasteiger partial charge in [0.05, 0.1) is 26.4 Å². The number of methoxy groups -OCH3 is 1. The highest BCUT2D eigenvalue weighted by molar-refractivity contribution is 5.95. The van der Waals surface area contributed by atoms with E-state index >= 15 is 0 Å². The first kappa shape index (κ1) is 43.8. The summed E-state index contributed by atoms with van der Waals surface area (Å²) in [6.45, 7) is 9.08. The Labute approximate surface area is 351 Å². The molecule has 2 amide bonds. The number of carbonyl (C=O) groups excluding carboxylic acids is 3. The van der Waals surface area contributed by atoms with Crippen LogP contribution in [0.1, 0.15) is 93.5 Å². The molecule has 2 aromatic carbocycles. The molecule has 0 spiro atoms. The summed E-state index contributed by atoms with van der Waals surface area (Å²) in [4.78, 5) is 47.2. The fraction of sp³-hybridized carbons (Fsp3) is 0.500. The lowest BCUT2D eigenvalue weighted by molar-refractivity contribution is -0.146. The molecule has 4 aromatic rings. The van der Waals surface area contributed by atoms with Gasteiger partial charge in [-0.25, -0.2) is 9.59 Å². The molecule has 1 atom stereocenters. The van der Waals surface area contributed by atoms with Gasteiger partial charge in [0.1, 0.15) is 29.2 Å². The smallest absolute Gasteiger partial charge is 0.410 e. The number of piperidine rings is 1. The van der Waals surface area contributed by atoms with Crippen LogP contribution in [0.2, 0.25) is 0 Å². The second-order valence-corrected chi connectivity index (χ2v) is 15.9. The molecule has 2 aromatic heterocycles. The van der Waals surface area contributed by atoms with Crippen LogP contribution in [0.4, 0.5) is 10.5 Å². The van der Waals surface area contributed by atoms with Crippen molar-refractivity contribution in [2.45, 2.75) is 82.9 Å². The summed E-state index contributed by atoms with van der Waals surface area (Å²) in [5.74, 6) is 2.08. The Morgan fingerprint density at radius 3 is 2.47 bits per heavy atom. The lowest BCUT2D eigenvalue weighted by atomic mass is 9.86. The topological polar surface area (TPSA) is 188 Å². The number of pyridine rings is 1. The van der Waals surface area contributed by atoms with Crippen LogP contribution in [0.3, 0.4) is 0 Å². The van der Waals surface area contributed by atoms with Crippen LogP contribution < -0.4 is 20.1 Å². The zero-order valence-electron chi connectivity index (χ0n) is 35.0. The Morgan fingerprint density at radius 1 is 0.917 bits per heavy atom. The molecule has 3 N–H and O–H groups in total. The van der Waals surface area contributed by atoms with E-state index in [9.17, 15) is 14.4 Å². The zero-order valence-corrected chi connectivity index (χ0v) is 35.0. The molecule has 16 heteroatoms. The number of hydrogen-bond acceptors (Lipinski definition) is 13. The molecule has 4 heterocycles. The van der Waals surface area contributed by atoms with Crippen LogP contribution in [0.15, 0.2) is 67.0 Å². The van der Waals surface area contributed by atoms with Crippen molar-refractivity contribution in [2.24, 2.45) is 0 Å². The third-order valence-corrected chi connectivity index (χ3v) is 10.2. The van der Waals surface area contributed by atoms with Crippen LogP contribution in [0.25, 0.3) is 11.4 Å². The van der Waals surface area contributed by atoms with Crippen LogP contribution in [0, 0.1) is 0 Å². The summed E-state index contributed by atoms with van der Waals surface area (Å²) in [6, 6.07) is 16.6. The number of anilines is 1. The molecule has 0 saturated carbocycles. The molecule has 6 rings (SSSR count). The minimum Gasteiger partial charge on any atom is -0.494 e. The van der Waals surface area contributed by atoms with Crippen LogP contribution in [-0.2, 0) is 29.3 Å². The lowest BCUT2D eigenvalue weighted by Gasteiger charge is -2.41. The van der Waals surface area contributed by atoms with Crippen molar-refractivity contribution in [3.63, 3.8) is 0 Å². The standard InChI is InChI=1S/C44H57N7O9/c1-43(2,3)60-42(54)51-21-17-44(18-22-51,41-47-39(49-50-41)31-14-19-45-20-15-31)48-33-11-8-10-32(28-33)40(53)46-36-16-27-59-37-13-12-34(29-35(36)37)58-26-7-5-6-23-56-24-9-25-57-30-38(52)55-4/h8,10-15,19-20,28-29,36,48H,5-7,9,16-18,21-27,30H2,1-4H3,(H,46,53)(H,47,49,50). The molecule has 0 bridgehead atoms. The number of rotatable bonds is 19. The number of ether oxygens (including phenoxy) is 6. The van der Waals surface area contributed by atoms with Crippen molar-refractivity contribution in [2.75, 3.05) is 65.2 Å². The summed E-state index contributed by atoms with van der Waals surface area (Å²) >= 11 is 0. The van der Waals surface area contributed by atoms with E-state index in [2.05, 4.69) is 35.5 Å². The van der Waals surface area contributed by atoms with Gasteiger partial charge in [0.2, 0.25) is 0 Å². The third kappa shape index (κ3) is 12.4. The molecular formula is C44H57N7O9. The fourth-order valence-electron chi connectivity index (χ4n) is 7.06. The van der Waals surface area contributed by atoms with E-state index in [-0.39, 0.29) is 30.6 Å². The quantitative estimate of drug-likeness (QED) is 0.0678. The third-order valence-electron chi connectivity index (χ3n) is 10.2. The Morgan fingerprint density at radius 2 is 1.68 bits per heavy atom. The number of fused-ring (bicyclic) bond motifs is 1. The average Bonchev–Trinajstić information content (AvgIpc) is 3.76. The first-order valence-electron chi connectivity index (χ1n) is 20.6. The molecule has 1 fully saturated rings. The Balaban J connectivity index is 1.04. The van der Waals surface area contributed by atoms with Gasteiger partial charge >= 0.3 is 12.1 Å². The molecule has 2 aliphatic heterocycles. The van der Waals surface area contributed by atoms with Gasteiger partial charge in [-0.1, -0.05) is 6.07 Å². The monoisotopic (exact) mass is 827 g/mol. The van der Waals surface area contributed by atoms with Gasteiger partial charge in [0, 0.05) is 74.1 Å². The molecular weight excluding hydrogens is 771 g/mol. The van der Waals surface area contributed by atoms with E-state index in [0.29, 0.717) is 89.0 Å². The lowest BCUT2D eigenvalue weighted by Crippen LogP contribution is -2.50. The van der Waals surface area contributed by atoms with E-state index in [1.807, 2.05) is 69.3 Å². The number of nitrogens with zero attached hydrogens (tertiary/aromatic N) is 4. The summed E-state index contributed by atoms with van der Waals surface area (Å²) < 4.78 is 33.1. The van der Waals surface area contributed by atoms with Crippen molar-refractivity contribution in [3.05, 3.63) is 83.9 Å². The van der Waals surface area contributed by atoms with E-state index in [1.54, 1.807) is 23.4 Å². The largest absolute Gasteiger partial charge is 0.494 e. The SMILES string of the molecule is COC(=O)COCCCOCCCCCOc1ccc2c(c1)C(NC(=O)c1cccc(NC3(c4nnc(-c5ccncc5)[nH]4)CCN(C(=O)OC(C)(C)C)CC3)c1)CCO2. The Kier molecular flexibility index (Phi) is 15.3. The number of benzene rings is 2. The average molecular weight is 828 g/mol. The maximum absolute atomic E-state index is 13.9. The molecule has 60 heavy (non-hydrogen) atoms. The second kappa shape index (κ2) is 21.0. The van der Waals surface area contributed by atoms with Gasteiger partial charge < -0.3 is 48.9 Å². The highest BCUT2D eigenvalue weighted by Gasteiger charge is 2.41. The second-order valence-electron chi connectivity index (χ2n) is 15.9. The van der Waals surface area contributed by atoms with E-state index in [4.69, 9.17) is 23.7 Å². The predicted molar refractivity (Wildman–Crippen MR) is 223 cm³/mol. The van der Waals surface area contributed by atoms with Crippen molar-refractivity contribution < 1.29 is 42.8 Å². The number of carbonyl (C=O) groups is 3. The summed E-state index contributed by atoms with van der Waals surface area (Å²) in [6.07, 6.45) is 8.15. The maximum atomic E-state index is 13.9. The number of amides is 2. The number of aromatic nitrogens is 4. The van der Waals surface area contributed by atoms with E-state index in [1.165, 1.54) is 7.11 Å². The summed E-state index contributed by atoms with van der Waals surface area (Å²) in [7, 11) is 1.33. The number of likely N-dealkylation sites (tertiary alicyclic amines) is 1. The molecule has 1 unspecified atom stereocenters. The predicted octanol–water partition coefficient (Wildman–Crippen LogP) is 6.60. The minimum absolute atomic E-state index is 0.0410. The van der Waals surface area contributed by atoms with Crippen molar-refractivity contribution in [1.29, 1.82) is 0 Å². The molecule has 0 radical (unpaired) electrons. The van der Waals surface area contributed by atoms with Gasteiger partial charge in [0.15, 0.2) is 11.6 Å². The van der Waals surface area contributed by atoms with Crippen molar-refractivity contribution >= 4 is 23.7 Å². The van der Waals surface area contributed by atoms with Crippen LogP contribution in [0.5, 0.6) is 11.5 Å². The van der Waals surface area contributed by atoms with Crippen LogP contribution in [-0.4, -0.2) is 108 Å². The fourth-order valence-corrected chi connectivity index (χ4v) is 7.06. The molecule has 1 saturated heterocycles. The number of nitrogens with one attached hydrogen (secondary N) is 3. The van der Waals surface area contributed by atoms with Gasteiger partial charge in [-0.3, -0.25) is 9.78 Å². The number of esters is 1. The molecule has 0 aliphatic carbocycles. The number of unbranched alkanes of at least 4 members (excludes halogenated alkanes) is 2. The number of hydrogen-bond donors (Lipinski definition) is 3. The molecule has 2 aliphatic rings. The minimum atomic E-state index is -0.722. The van der Waals surface area contributed by atoms with E-state index < -0.39 is 11.1 Å². The van der Waals surface area contributed by atoms with Gasteiger partial charge in [-0.2, -0.15) is 0 Å². The Hall–Kier alpha value is -5.74. The Bertz CT molecular complexity index is 2010.